The summed E-state index contributed by atoms with van der Waals surface area (Å²) < 4.78 is 11.1. The smallest absolute Gasteiger partial charge is 0.219 e. The van der Waals surface area contributed by atoms with Crippen LogP contribution in [0.4, 0.5) is 11.5 Å². The van der Waals surface area contributed by atoms with E-state index in [-0.39, 0.29) is 0 Å². The van der Waals surface area contributed by atoms with E-state index in [1.165, 1.54) is 0 Å². The third-order valence-corrected chi connectivity index (χ3v) is 4.39. The normalized spacial score (nSPS) is 11.0. The fourth-order valence-electron chi connectivity index (χ4n) is 2.88. The van der Waals surface area contributed by atoms with Gasteiger partial charge in [0.25, 0.3) is 0 Å². The molecule has 0 bridgehead atoms. The van der Waals surface area contributed by atoms with E-state index in [4.69, 9.17) is 9.15 Å². The van der Waals surface area contributed by atoms with E-state index in [0.29, 0.717) is 11.7 Å². The lowest BCUT2D eigenvalue weighted by Gasteiger charge is -2.07. The van der Waals surface area contributed by atoms with Crippen LogP contribution >= 0.6 is 0 Å². The van der Waals surface area contributed by atoms with Crippen molar-refractivity contribution in [3.8, 4) is 17.1 Å². The molecule has 0 aliphatic rings. The molecule has 0 saturated carbocycles. The lowest BCUT2D eigenvalue weighted by atomic mass is 10.1. The number of anilines is 2. The minimum absolute atomic E-state index is 0.550. The number of benzene rings is 2. The van der Waals surface area contributed by atoms with Gasteiger partial charge in [-0.2, -0.15) is 0 Å². The Morgan fingerprint density at radius 3 is 2.62 bits per heavy atom. The molecule has 2 heterocycles. The monoisotopic (exact) mass is 383 g/mol. The molecule has 0 aliphatic heterocycles. The molecule has 144 valence electrons. The zero-order chi connectivity index (χ0) is 20.1. The number of aromatic nitrogens is 2. The first-order valence-electron chi connectivity index (χ1n) is 9.28. The van der Waals surface area contributed by atoms with Gasteiger partial charge < -0.3 is 14.5 Å². The zero-order valence-electron chi connectivity index (χ0n) is 16.3. The van der Waals surface area contributed by atoms with Gasteiger partial charge in [0.2, 0.25) is 5.89 Å². The van der Waals surface area contributed by atoms with Crippen LogP contribution in [0.25, 0.3) is 23.5 Å². The molecule has 29 heavy (non-hydrogen) atoms. The maximum absolute atomic E-state index is 5.89. The average Bonchev–Trinajstić information content (AvgIpc) is 3.22. The van der Waals surface area contributed by atoms with E-state index < -0.39 is 0 Å². The summed E-state index contributed by atoms with van der Waals surface area (Å²) in [5.41, 5.74) is 4.08. The predicted octanol–water partition coefficient (Wildman–Crippen LogP) is 5.97. The van der Waals surface area contributed by atoms with Crippen molar-refractivity contribution in [1.29, 1.82) is 0 Å². The molecule has 5 heteroatoms. The summed E-state index contributed by atoms with van der Waals surface area (Å²) in [5, 5.41) is 3.32. The van der Waals surface area contributed by atoms with E-state index in [9.17, 15) is 0 Å². The molecule has 5 nitrogen and oxygen atoms in total. The van der Waals surface area contributed by atoms with Crippen LogP contribution in [0, 0.1) is 6.92 Å². The van der Waals surface area contributed by atoms with Gasteiger partial charge >= 0.3 is 0 Å². The molecule has 0 radical (unpaired) electrons. The summed E-state index contributed by atoms with van der Waals surface area (Å²) in [4.78, 5) is 8.70. The molecular formula is C24H21N3O2. The summed E-state index contributed by atoms with van der Waals surface area (Å²) in [6.07, 6.45) is 7.33. The van der Waals surface area contributed by atoms with Gasteiger partial charge in [-0.25, -0.2) is 9.97 Å². The van der Waals surface area contributed by atoms with Crippen molar-refractivity contribution < 1.29 is 9.15 Å². The Kier molecular flexibility index (Phi) is 5.38. The highest BCUT2D eigenvalue weighted by Crippen LogP contribution is 2.26. The Bertz CT molecular complexity index is 1130. The van der Waals surface area contributed by atoms with Crippen LogP contribution in [-0.2, 0) is 0 Å². The van der Waals surface area contributed by atoms with E-state index in [1.807, 2.05) is 79.7 Å². The van der Waals surface area contributed by atoms with Crippen molar-refractivity contribution >= 4 is 23.7 Å². The van der Waals surface area contributed by atoms with Gasteiger partial charge in [0.05, 0.1) is 13.3 Å². The van der Waals surface area contributed by atoms with Crippen molar-refractivity contribution in [2.24, 2.45) is 0 Å². The third kappa shape index (κ3) is 4.71. The molecule has 0 saturated heterocycles. The molecular weight excluding hydrogens is 362 g/mol. The van der Waals surface area contributed by atoms with Crippen molar-refractivity contribution in [3.63, 3.8) is 0 Å². The van der Waals surface area contributed by atoms with Crippen LogP contribution in [-0.4, -0.2) is 17.1 Å². The van der Waals surface area contributed by atoms with E-state index >= 15 is 0 Å². The van der Waals surface area contributed by atoms with E-state index in [1.54, 1.807) is 19.5 Å². The van der Waals surface area contributed by atoms with Gasteiger partial charge in [0.15, 0.2) is 5.76 Å². The Hall–Kier alpha value is -3.86. The zero-order valence-corrected chi connectivity index (χ0v) is 16.3. The molecule has 0 spiro atoms. The van der Waals surface area contributed by atoms with Crippen LogP contribution in [0.3, 0.4) is 0 Å². The maximum atomic E-state index is 5.89. The van der Waals surface area contributed by atoms with Gasteiger partial charge in [-0.05, 0) is 60.5 Å². The Morgan fingerprint density at radius 1 is 0.966 bits per heavy atom. The van der Waals surface area contributed by atoms with Crippen LogP contribution in [0.15, 0.2) is 77.5 Å². The third-order valence-electron chi connectivity index (χ3n) is 4.39. The fourth-order valence-corrected chi connectivity index (χ4v) is 2.88. The predicted molar refractivity (Wildman–Crippen MR) is 116 cm³/mol. The second kappa shape index (κ2) is 8.44. The number of ether oxygens (including phenoxy) is 1. The summed E-state index contributed by atoms with van der Waals surface area (Å²) in [7, 11) is 1.65. The van der Waals surface area contributed by atoms with Gasteiger partial charge in [-0.15, -0.1) is 0 Å². The second-order valence-corrected chi connectivity index (χ2v) is 6.59. The first-order chi connectivity index (χ1) is 14.2. The topological polar surface area (TPSA) is 60.2 Å². The van der Waals surface area contributed by atoms with Gasteiger partial charge in [0, 0.05) is 23.5 Å². The van der Waals surface area contributed by atoms with Crippen LogP contribution in [0.1, 0.15) is 17.0 Å². The number of hydrogen-bond donors (Lipinski definition) is 1. The molecule has 0 fully saturated rings. The standard InChI is InChI=1S/C24H21N3O2/c1-17-12-13-25-23(14-17)27-20-5-3-4-19(15-20)22-16-26-24(29-22)11-8-18-6-9-21(28-2)10-7-18/h3-16H,1-2H3,(H,25,27). The van der Waals surface area contributed by atoms with Gasteiger partial charge in [0.1, 0.15) is 11.6 Å². The fraction of sp³-hybridized carbons (Fsp3) is 0.0833. The molecule has 2 aromatic heterocycles. The number of oxazole rings is 1. The number of pyridine rings is 1. The Balaban J connectivity index is 1.49. The Morgan fingerprint density at radius 2 is 1.83 bits per heavy atom. The minimum atomic E-state index is 0.550. The number of aryl methyl sites for hydroxylation is 1. The highest BCUT2D eigenvalue weighted by Gasteiger charge is 2.06. The van der Waals surface area contributed by atoms with Gasteiger partial charge in [-0.1, -0.05) is 24.3 Å². The summed E-state index contributed by atoms with van der Waals surface area (Å²) >= 11 is 0. The van der Waals surface area contributed by atoms with Crippen LogP contribution in [0.2, 0.25) is 0 Å². The molecule has 0 atom stereocenters. The minimum Gasteiger partial charge on any atom is -0.497 e. The molecule has 1 N–H and O–H groups in total. The Labute approximate surface area is 169 Å². The van der Waals surface area contributed by atoms with Crippen LogP contribution < -0.4 is 10.1 Å². The van der Waals surface area contributed by atoms with Crippen molar-refractivity contribution in [1.82, 2.24) is 9.97 Å². The van der Waals surface area contributed by atoms with E-state index in [0.717, 1.165) is 33.9 Å². The number of methoxy groups -OCH3 is 1. The SMILES string of the molecule is COc1ccc(C=Cc2ncc(-c3cccc(Nc4cc(C)ccn4)c3)o2)cc1. The quantitative estimate of drug-likeness (QED) is 0.445. The first kappa shape index (κ1) is 18.5. The molecule has 4 aromatic rings. The molecule has 0 aliphatic carbocycles. The maximum Gasteiger partial charge on any atom is 0.219 e. The molecule has 0 unspecified atom stereocenters. The van der Waals surface area contributed by atoms with E-state index in [2.05, 4.69) is 15.3 Å². The number of hydrogen-bond acceptors (Lipinski definition) is 5. The first-order valence-corrected chi connectivity index (χ1v) is 9.28. The van der Waals surface area contributed by atoms with Crippen LogP contribution in [0.5, 0.6) is 5.75 Å². The lowest BCUT2D eigenvalue weighted by molar-refractivity contribution is 0.415. The molecule has 4 rings (SSSR count). The van der Waals surface area contributed by atoms with Crippen molar-refractivity contribution in [2.45, 2.75) is 6.92 Å². The summed E-state index contributed by atoms with van der Waals surface area (Å²) in [5.74, 6) is 2.90. The van der Waals surface area contributed by atoms with Gasteiger partial charge in [-0.3, -0.25) is 0 Å². The average molecular weight is 383 g/mol. The van der Waals surface area contributed by atoms with Crippen molar-refractivity contribution in [2.75, 3.05) is 12.4 Å². The molecule has 2 aromatic carbocycles. The number of nitrogens with zero attached hydrogens (tertiary/aromatic N) is 2. The highest BCUT2D eigenvalue weighted by molar-refractivity contribution is 5.69. The summed E-state index contributed by atoms with van der Waals surface area (Å²) in [6, 6.07) is 19.7. The summed E-state index contributed by atoms with van der Waals surface area (Å²) in [6.45, 7) is 2.04. The lowest BCUT2D eigenvalue weighted by Crippen LogP contribution is -1.93. The number of rotatable bonds is 6. The second-order valence-electron chi connectivity index (χ2n) is 6.59. The number of nitrogens with one attached hydrogen (secondary N) is 1. The van der Waals surface area contributed by atoms with Crippen molar-refractivity contribution in [3.05, 3.63) is 90.1 Å². The largest absolute Gasteiger partial charge is 0.497 e. The molecule has 0 amide bonds. The highest BCUT2D eigenvalue weighted by atomic mass is 16.5.